The first-order valence-corrected chi connectivity index (χ1v) is 9.19. The van der Waals surface area contributed by atoms with Crippen LogP contribution in [0.15, 0.2) is 62.6 Å². The van der Waals surface area contributed by atoms with Gasteiger partial charge in [0.25, 0.3) is 0 Å². The highest BCUT2D eigenvalue weighted by Crippen LogP contribution is 2.36. The summed E-state index contributed by atoms with van der Waals surface area (Å²) in [5.41, 5.74) is 1.73. The van der Waals surface area contributed by atoms with E-state index in [0.717, 1.165) is 18.4 Å². The molecular formula is C17H16N2O4S. The molecule has 1 saturated heterocycles. The normalized spacial score (nSPS) is 19.1. The van der Waals surface area contributed by atoms with Gasteiger partial charge in [-0.15, -0.1) is 0 Å². The zero-order valence-corrected chi connectivity index (χ0v) is 13.6. The summed E-state index contributed by atoms with van der Waals surface area (Å²) in [6.45, 7) is 0.483. The van der Waals surface area contributed by atoms with Gasteiger partial charge in [-0.3, -0.25) is 4.98 Å². The number of nitrogens with zero attached hydrogens (tertiary/aromatic N) is 1. The first kappa shape index (κ1) is 15.2. The van der Waals surface area contributed by atoms with Gasteiger partial charge >= 0.3 is 5.76 Å². The van der Waals surface area contributed by atoms with Gasteiger partial charge in [0.15, 0.2) is 5.58 Å². The number of nitrogens with one attached hydrogen (secondary N) is 1. The van der Waals surface area contributed by atoms with Crippen molar-refractivity contribution >= 4 is 21.1 Å². The number of hydrogen-bond donors (Lipinski definition) is 1. The van der Waals surface area contributed by atoms with Crippen molar-refractivity contribution in [2.75, 3.05) is 6.54 Å². The van der Waals surface area contributed by atoms with E-state index in [9.17, 15) is 13.2 Å². The van der Waals surface area contributed by atoms with Crippen LogP contribution in [-0.4, -0.2) is 24.3 Å². The molecule has 0 aliphatic carbocycles. The van der Waals surface area contributed by atoms with Gasteiger partial charge in [0, 0.05) is 12.6 Å². The number of sulfonamides is 1. The number of aromatic nitrogens is 1. The van der Waals surface area contributed by atoms with E-state index in [1.54, 1.807) is 6.07 Å². The van der Waals surface area contributed by atoms with Crippen molar-refractivity contribution in [1.82, 2.24) is 9.29 Å². The fourth-order valence-electron chi connectivity index (χ4n) is 3.26. The number of H-pyrrole nitrogens is 1. The van der Waals surface area contributed by atoms with Crippen LogP contribution in [-0.2, 0) is 10.0 Å². The third-order valence-electron chi connectivity index (χ3n) is 4.39. The number of hydrogen-bond acceptors (Lipinski definition) is 4. The molecule has 0 spiro atoms. The highest BCUT2D eigenvalue weighted by atomic mass is 32.2. The first-order chi connectivity index (χ1) is 11.6. The van der Waals surface area contributed by atoms with E-state index in [-0.39, 0.29) is 16.5 Å². The van der Waals surface area contributed by atoms with Crippen molar-refractivity contribution in [3.8, 4) is 0 Å². The van der Waals surface area contributed by atoms with Gasteiger partial charge in [0.2, 0.25) is 10.0 Å². The molecule has 24 heavy (non-hydrogen) atoms. The Morgan fingerprint density at radius 1 is 1.12 bits per heavy atom. The Balaban J connectivity index is 1.76. The fourth-order valence-corrected chi connectivity index (χ4v) is 4.96. The number of oxazole rings is 1. The summed E-state index contributed by atoms with van der Waals surface area (Å²) in [6, 6.07) is 14.0. The summed E-state index contributed by atoms with van der Waals surface area (Å²) in [5.74, 6) is -0.595. The third-order valence-corrected chi connectivity index (χ3v) is 6.29. The SMILES string of the molecule is O=c1[nH]c2ccc(S(=O)(=O)N3CCCC3c3ccccc3)cc2o1. The predicted molar refractivity (Wildman–Crippen MR) is 89.1 cm³/mol. The molecule has 1 fully saturated rings. The second kappa shape index (κ2) is 5.61. The maximum Gasteiger partial charge on any atom is 0.417 e. The summed E-state index contributed by atoms with van der Waals surface area (Å²) in [7, 11) is -3.66. The predicted octanol–water partition coefficient (Wildman–Crippen LogP) is 2.65. The molecule has 0 bridgehead atoms. The van der Waals surface area contributed by atoms with Crippen molar-refractivity contribution in [2.24, 2.45) is 0 Å². The molecule has 0 saturated carbocycles. The lowest BCUT2D eigenvalue weighted by atomic mass is 10.1. The smallest absolute Gasteiger partial charge is 0.408 e. The van der Waals surface area contributed by atoms with E-state index in [2.05, 4.69) is 4.98 Å². The summed E-state index contributed by atoms with van der Waals surface area (Å²) >= 11 is 0. The molecular weight excluding hydrogens is 328 g/mol. The molecule has 1 aliphatic rings. The van der Waals surface area contributed by atoms with Gasteiger partial charge in [-0.1, -0.05) is 30.3 Å². The van der Waals surface area contributed by atoms with Crippen LogP contribution in [0.1, 0.15) is 24.4 Å². The topological polar surface area (TPSA) is 83.4 Å². The van der Waals surface area contributed by atoms with Crippen LogP contribution < -0.4 is 5.76 Å². The number of aromatic amines is 1. The minimum Gasteiger partial charge on any atom is -0.408 e. The second-order valence-corrected chi connectivity index (χ2v) is 7.75. The van der Waals surface area contributed by atoms with Gasteiger partial charge < -0.3 is 4.42 Å². The standard InChI is InChI=1S/C17H16N2O4S/c20-17-18-14-9-8-13(11-16(14)23-17)24(21,22)19-10-4-7-15(19)12-5-2-1-3-6-12/h1-3,5-6,8-9,11,15H,4,7,10H2,(H,18,20). The second-order valence-electron chi connectivity index (χ2n) is 5.86. The molecule has 3 aromatic rings. The Morgan fingerprint density at radius 2 is 1.92 bits per heavy atom. The highest BCUT2D eigenvalue weighted by molar-refractivity contribution is 7.89. The zero-order chi connectivity index (χ0) is 16.7. The third kappa shape index (κ3) is 2.46. The van der Waals surface area contributed by atoms with Crippen LogP contribution in [0, 0.1) is 0 Å². The average Bonchev–Trinajstić information content (AvgIpc) is 3.20. The van der Waals surface area contributed by atoms with Crippen molar-refractivity contribution in [2.45, 2.75) is 23.8 Å². The lowest BCUT2D eigenvalue weighted by Crippen LogP contribution is -2.30. The summed E-state index contributed by atoms with van der Waals surface area (Å²) in [6.07, 6.45) is 1.62. The molecule has 1 unspecified atom stereocenters. The van der Waals surface area contributed by atoms with E-state index >= 15 is 0 Å². The van der Waals surface area contributed by atoms with Crippen LogP contribution in [0.3, 0.4) is 0 Å². The maximum atomic E-state index is 13.1. The van der Waals surface area contributed by atoms with E-state index in [4.69, 9.17) is 4.42 Å². The molecule has 1 atom stereocenters. The Hall–Kier alpha value is -2.38. The molecule has 4 rings (SSSR count). The van der Waals surface area contributed by atoms with Gasteiger partial charge in [-0.25, -0.2) is 13.2 Å². The molecule has 0 radical (unpaired) electrons. The van der Waals surface area contributed by atoms with Gasteiger partial charge in [0.1, 0.15) is 0 Å². The molecule has 1 N–H and O–H groups in total. The van der Waals surface area contributed by atoms with Crippen LogP contribution in [0.2, 0.25) is 0 Å². The molecule has 124 valence electrons. The number of benzene rings is 2. The zero-order valence-electron chi connectivity index (χ0n) is 12.8. The minimum absolute atomic E-state index is 0.139. The lowest BCUT2D eigenvalue weighted by Gasteiger charge is -2.24. The van der Waals surface area contributed by atoms with Crippen molar-refractivity contribution in [3.05, 3.63) is 64.6 Å². The van der Waals surface area contributed by atoms with E-state index < -0.39 is 15.8 Å². The molecule has 0 amide bonds. The molecule has 7 heteroatoms. The molecule has 2 heterocycles. The minimum atomic E-state index is -3.66. The van der Waals surface area contributed by atoms with Gasteiger partial charge in [-0.2, -0.15) is 4.31 Å². The maximum absolute atomic E-state index is 13.1. The molecule has 2 aromatic carbocycles. The van der Waals surface area contributed by atoms with Gasteiger partial charge in [-0.05, 0) is 30.5 Å². The fraction of sp³-hybridized carbons (Fsp3) is 0.235. The Morgan fingerprint density at radius 3 is 2.71 bits per heavy atom. The highest BCUT2D eigenvalue weighted by Gasteiger charge is 2.36. The molecule has 6 nitrogen and oxygen atoms in total. The van der Waals surface area contributed by atoms with Crippen molar-refractivity contribution < 1.29 is 12.8 Å². The monoisotopic (exact) mass is 344 g/mol. The van der Waals surface area contributed by atoms with E-state index in [1.165, 1.54) is 16.4 Å². The summed E-state index contributed by atoms with van der Waals surface area (Å²) < 4.78 is 32.6. The van der Waals surface area contributed by atoms with Crippen LogP contribution in [0.25, 0.3) is 11.1 Å². The quantitative estimate of drug-likeness (QED) is 0.792. The number of rotatable bonds is 3. The molecule has 1 aromatic heterocycles. The lowest BCUT2D eigenvalue weighted by molar-refractivity contribution is 0.396. The average molecular weight is 344 g/mol. The van der Waals surface area contributed by atoms with Crippen molar-refractivity contribution in [1.29, 1.82) is 0 Å². The van der Waals surface area contributed by atoms with E-state index in [1.807, 2.05) is 30.3 Å². The Bertz CT molecular complexity index is 1040. The van der Waals surface area contributed by atoms with Crippen LogP contribution >= 0.6 is 0 Å². The molecule has 1 aliphatic heterocycles. The van der Waals surface area contributed by atoms with Crippen LogP contribution in [0.5, 0.6) is 0 Å². The largest absolute Gasteiger partial charge is 0.417 e. The van der Waals surface area contributed by atoms with Crippen LogP contribution in [0.4, 0.5) is 0 Å². The number of fused-ring (bicyclic) bond motifs is 1. The van der Waals surface area contributed by atoms with E-state index in [0.29, 0.717) is 12.1 Å². The summed E-state index contributed by atoms with van der Waals surface area (Å²) in [4.78, 5) is 13.9. The Kier molecular flexibility index (Phi) is 3.54. The summed E-state index contributed by atoms with van der Waals surface area (Å²) in [5, 5.41) is 0. The first-order valence-electron chi connectivity index (χ1n) is 7.75. The Labute approximate surface area is 138 Å². The van der Waals surface area contributed by atoms with Crippen molar-refractivity contribution in [3.63, 3.8) is 0 Å². The van der Waals surface area contributed by atoms with Gasteiger partial charge in [0.05, 0.1) is 16.5 Å².